The molecule has 0 amide bonds. The topological polar surface area (TPSA) is 77.0 Å². The van der Waals surface area contributed by atoms with Crippen molar-refractivity contribution in [1.82, 2.24) is 34.3 Å². The van der Waals surface area contributed by atoms with E-state index in [9.17, 15) is 13.2 Å². The lowest BCUT2D eigenvalue weighted by molar-refractivity contribution is -0.146. The molecule has 4 heterocycles. The highest BCUT2D eigenvalue weighted by atomic mass is 19.4. The molecule has 1 aliphatic heterocycles. The fourth-order valence-corrected chi connectivity index (χ4v) is 3.64. The molecule has 4 rings (SSSR count). The van der Waals surface area contributed by atoms with E-state index in [1.54, 1.807) is 11.6 Å². The van der Waals surface area contributed by atoms with E-state index in [4.69, 9.17) is 0 Å². The minimum Gasteiger partial charge on any atom is -0.327 e. The lowest BCUT2D eigenvalue weighted by atomic mass is 10.2. The molecule has 3 aromatic heterocycles. The van der Waals surface area contributed by atoms with Crippen LogP contribution < -0.4 is 4.90 Å². The van der Waals surface area contributed by atoms with Crippen molar-refractivity contribution in [1.29, 1.82) is 0 Å². The van der Waals surface area contributed by atoms with E-state index in [2.05, 4.69) is 25.1 Å². The number of hydrogen-bond donors (Lipinski definition) is 0. The highest BCUT2D eigenvalue weighted by molar-refractivity contribution is 5.39. The van der Waals surface area contributed by atoms with Gasteiger partial charge in [-0.2, -0.15) is 22.7 Å². The summed E-state index contributed by atoms with van der Waals surface area (Å²) in [7, 11) is 1.69. The quantitative estimate of drug-likeness (QED) is 0.675. The molecule has 0 bridgehead atoms. The zero-order chi connectivity index (χ0) is 20.1. The summed E-state index contributed by atoms with van der Waals surface area (Å²) in [6.07, 6.45) is -2.73. The van der Waals surface area contributed by atoms with E-state index in [1.165, 1.54) is 9.58 Å². The van der Waals surface area contributed by atoms with Crippen LogP contribution in [-0.4, -0.2) is 53.1 Å². The van der Waals surface area contributed by atoms with Crippen molar-refractivity contribution in [2.24, 2.45) is 7.05 Å². The molecule has 1 atom stereocenters. The molecule has 1 saturated heterocycles. The number of alkyl halides is 3. The third-order valence-electron chi connectivity index (χ3n) is 4.96. The highest BCUT2D eigenvalue weighted by Gasteiger charge is 2.47. The number of rotatable bonds is 4. The number of halogens is 3. The standard InChI is InChI=1S/C17H21F3N8/c1-10-9-15-22-13(24-28(15)11(2)21-10)6-7-14-23-16(25-26(14)3)27-8-4-5-12(27)17(18,19)20/h9,12H,4-8H2,1-3H3. The number of aromatic nitrogens is 7. The molecule has 3 aromatic rings. The second-order valence-corrected chi connectivity index (χ2v) is 7.09. The lowest BCUT2D eigenvalue weighted by Crippen LogP contribution is -2.41. The van der Waals surface area contributed by atoms with Gasteiger partial charge in [0.15, 0.2) is 11.5 Å². The molecule has 1 fully saturated rings. The normalized spacial score (nSPS) is 17.8. The monoisotopic (exact) mass is 394 g/mol. The van der Waals surface area contributed by atoms with Crippen LogP contribution in [0, 0.1) is 13.8 Å². The van der Waals surface area contributed by atoms with Crippen molar-refractivity contribution >= 4 is 11.6 Å². The van der Waals surface area contributed by atoms with Gasteiger partial charge in [-0.1, -0.05) is 0 Å². The van der Waals surface area contributed by atoms with Gasteiger partial charge in [0.25, 0.3) is 0 Å². The minimum atomic E-state index is -4.28. The van der Waals surface area contributed by atoms with E-state index < -0.39 is 12.2 Å². The Morgan fingerprint density at radius 2 is 1.89 bits per heavy atom. The van der Waals surface area contributed by atoms with Crippen LogP contribution in [0.15, 0.2) is 6.07 Å². The van der Waals surface area contributed by atoms with Crippen LogP contribution in [-0.2, 0) is 19.9 Å². The fourth-order valence-electron chi connectivity index (χ4n) is 3.64. The smallest absolute Gasteiger partial charge is 0.327 e. The first kappa shape index (κ1) is 18.6. The maximum Gasteiger partial charge on any atom is 0.408 e. The van der Waals surface area contributed by atoms with E-state index in [0.717, 1.165) is 17.2 Å². The van der Waals surface area contributed by atoms with E-state index in [1.807, 2.05) is 19.9 Å². The Balaban J connectivity index is 1.51. The number of fused-ring (bicyclic) bond motifs is 1. The van der Waals surface area contributed by atoms with Crippen LogP contribution in [0.25, 0.3) is 5.65 Å². The molecule has 0 N–H and O–H groups in total. The average Bonchev–Trinajstić information content (AvgIpc) is 3.29. The van der Waals surface area contributed by atoms with Gasteiger partial charge in [0, 0.05) is 38.2 Å². The van der Waals surface area contributed by atoms with Gasteiger partial charge in [0.05, 0.1) is 0 Å². The minimum absolute atomic E-state index is 0.0784. The van der Waals surface area contributed by atoms with Gasteiger partial charge < -0.3 is 4.90 Å². The van der Waals surface area contributed by atoms with Crippen LogP contribution in [0.5, 0.6) is 0 Å². The molecule has 28 heavy (non-hydrogen) atoms. The molecule has 8 nitrogen and oxygen atoms in total. The number of nitrogens with zero attached hydrogens (tertiary/aromatic N) is 8. The maximum absolute atomic E-state index is 13.2. The predicted octanol–water partition coefficient (Wildman–Crippen LogP) is 2.19. The van der Waals surface area contributed by atoms with Gasteiger partial charge in [0.2, 0.25) is 5.95 Å². The Hall–Kier alpha value is -2.72. The van der Waals surface area contributed by atoms with Crippen molar-refractivity contribution < 1.29 is 13.2 Å². The lowest BCUT2D eigenvalue weighted by Gasteiger charge is -2.25. The molecule has 0 saturated carbocycles. The summed E-state index contributed by atoms with van der Waals surface area (Å²) in [5.41, 5.74) is 1.59. The second kappa shape index (κ2) is 6.71. The average molecular weight is 394 g/mol. The van der Waals surface area contributed by atoms with Gasteiger partial charge in [-0.15, -0.1) is 10.2 Å². The third kappa shape index (κ3) is 3.40. The summed E-state index contributed by atoms with van der Waals surface area (Å²) in [4.78, 5) is 14.5. The highest BCUT2D eigenvalue weighted by Crippen LogP contribution is 2.34. The van der Waals surface area contributed by atoms with Crippen molar-refractivity contribution in [3.63, 3.8) is 0 Å². The first-order valence-corrected chi connectivity index (χ1v) is 9.15. The second-order valence-electron chi connectivity index (χ2n) is 7.09. The Morgan fingerprint density at radius 1 is 1.11 bits per heavy atom. The number of anilines is 1. The summed E-state index contributed by atoms with van der Waals surface area (Å²) >= 11 is 0. The zero-order valence-electron chi connectivity index (χ0n) is 15.9. The van der Waals surface area contributed by atoms with E-state index >= 15 is 0 Å². The third-order valence-corrected chi connectivity index (χ3v) is 4.96. The molecular formula is C17H21F3N8. The molecule has 0 radical (unpaired) electrons. The molecule has 1 aliphatic rings. The molecule has 1 unspecified atom stereocenters. The predicted molar refractivity (Wildman–Crippen MR) is 95.1 cm³/mol. The number of hydrogen-bond acceptors (Lipinski definition) is 6. The summed E-state index contributed by atoms with van der Waals surface area (Å²) in [5.74, 6) is 2.12. The Bertz CT molecular complexity index is 1010. The summed E-state index contributed by atoms with van der Waals surface area (Å²) < 4.78 is 42.8. The first-order chi connectivity index (χ1) is 13.2. The molecule has 11 heteroatoms. The first-order valence-electron chi connectivity index (χ1n) is 9.15. The molecule has 0 spiro atoms. The van der Waals surface area contributed by atoms with Crippen molar-refractivity contribution in [3.05, 3.63) is 29.2 Å². The van der Waals surface area contributed by atoms with Crippen molar-refractivity contribution in [2.75, 3.05) is 11.4 Å². The Kier molecular flexibility index (Phi) is 4.47. The van der Waals surface area contributed by atoms with Crippen LogP contribution in [0.2, 0.25) is 0 Å². The molecule has 0 aromatic carbocycles. The maximum atomic E-state index is 13.2. The van der Waals surface area contributed by atoms with Gasteiger partial charge in [-0.25, -0.2) is 9.97 Å². The van der Waals surface area contributed by atoms with Crippen LogP contribution in [0.4, 0.5) is 19.1 Å². The van der Waals surface area contributed by atoms with Crippen LogP contribution in [0.1, 0.15) is 36.0 Å². The van der Waals surface area contributed by atoms with Gasteiger partial charge >= 0.3 is 6.18 Å². The fraction of sp³-hybridized carbons (Fsp3) is 0.588. The Morgan fingerprint density at radius 3 is 2.64 bits per heavy atom. The van der Waals surface area contributed by atoms with Crippen molar-refractivity contribution in [3.8, 4) is 0 Å². The van der Waals surface area contributed by atoms with Crippen molar-refractivity contribution in [2.45, 2.75) is 51.7 Å². The molecular weight excluding hydrogens is 373 g/mol. The molecule has 150 valence electrons. The van der Waals surface area contributed by atoms with Crippen LogP contribution in [0.3, 0.4) is 0 Å². The number of aryl methyl sites for hydroxylation is 5. The van der Waals surface area contributed by atoms with E-state index in [0.29, 0.717) is 37.5 Å². The Labute approximate surface area is 159 Å². The summed E-state index contributed by atoms with van der Waals surface area (Å²) in [5, 5.41) is 8.67. The molecule has 0 aliphatic carbocycles. The van der Waals surface area contributed by atoms with Gasteiger partial charge in [-0.3, -0.25) is 4.68 Å². The SMILES string of the molecule is Cc1cc2nc(CCc3nc(N4CCCC4C(F)(F)F)nn3C)nn2c(C)n1. The summed E-state index contributed by atoms with van der Waals surface area (Å²) in [6, 6.07) is 0.343. The summed E-state index contributed by atoms with van der Waals surface area (Å²) in [6.45, 7) is 4.07. The van der Waals surface area contributed by atoms with Crippen LogP contribution >= 0.6 is 0 Å². The van der Waals surface area contributed by atoms with E-state index in [-0.39, 0.29) is 12.4 Å². The van der Waals surface area contributed by atoms with Gasteiger partial charge in [-0.05, 0) is 26.7 Å². The zero-order valence-corrected chi connectivity index (χ0v) is 15.9. The van der Waals surface area contributed by atoms with Gasteiger partial charge in [0.1, 0.15) is 17.7 Å². The largest absolute Gasteiger partial charge is 0.408 e.